The predicted octanol–water partition coefficient (Wildman–Crippen LogP) is -0.673. The number of carbonyl (C=O) groups excluding carboxylic acids is 2. The fourth-order valence-electron chi connectivity index (χ4n) is 3.49. The smallest absolute Gasteiger partial charge is 0.328 e. The molecule has 0 aliphatic carbocycles. The summed E-state index contributed by atoms with van der Waals surface area (Å²) in [5, 5.41) is 3.64. The highest BCUT2D eigenvalue weighted by molar-refractivity contribution is 6.30. The van der Waals surface area contributed by atoms with Gasteiger partial charge in [-0.3, -0.25) is 4.79 Å². The van der Waals surface area contributed by atoms with Crippen molar-refractivity contribution < 1.29 is 24.1 Å². The topological polar surface area (TPSA) is 64.3 Å². The van der Waals surface area contributed by atoms with Crippen LogP contribution < -0.4 is 15.1 Å². The molecule has 7 heteroatoms. The van der Waals surface area contributed by atoms with E-state index in [2.05, 4.69) is 11.4 Å². The standard InChI is InChI=1S/C20H30ClN3O3/c1-4-15(2)19(20(26)27-3)22-18(25)14-24-10-8-23(9-11-24)13-16-6-5-7-17(21)12-16/h5-7,12,15,19H,4,8-11,13-14H2,1-3H3,(H,22,25)/p+2/t15-,19+/m1/s1. The molecule has 1 fully saturated rings. The van der Waals surface area contributed by atoms with Gasteiger partial charge in [0.1, 0.15) is 38.8 Å². The predicted molar refractivity (Wildman–Crippen MR) is 105 cm³/mol. The molecule has 0 unspecified atom stereocenters. The quantitative estimate of drug-likeness (QED) is 0.510. The van der Waals surface area contributed by atoms with Gasteiger partial charge in [-0.1, -0.05) is 44.0 Å². The number of halogens is 1. The zero-order valence-electron chi connectivity index (χ0n) is 16.5. The molecule has 0 aromatic heterocycles. The highest BCUT2D eigenvalue weighted by Gasteiger charge is 2.30. The summed E-state index contributed by atoms with van der Waals surface area (Å²) in [5.41, 5.74) is 1.24. The molecule has 0 saturated carbocycles. The second kappa shape index (κ2) is 10.6. The van der Waals surface area contributed by atoms with Crippen LogP contribution in [0.2, 0.25) is 5.02 Å². The van der Waals surface area contributed by atoms with E-state index in [0.717, 1.165) is 44.2 Å². The van der Waals surface area contributed by atoms with Crippen molar-refractivity contribution in [1.29, 1.82) is 0 Å². The summed E-state index contributed by atoms with van der Waals surface area (Å²) in [5.74, 6) is -0.405. The molecule has 3 N–H and O–H groups in total. The zero-order valence-corrected chi connectivity index (χ0v) is 17.3. The number of amides is 1. The number of ether oxygens (including phenoxy) is 1. The third-order valence-electron chi connectivity index (χ3n) is 5.40. The Hall–Kier alpha value is -1.63. The van der Waals surface area contributed by atoms with Crippen molar-refractivity contribution >= 4 is 23.5 Å². The number of nitrogens with one attached hydrogen (secondary N) is 3. The van der Waals surface area contributed by atoms with Crippen molar-refractivity contribution in [3.8, 4) is 0 Å². The molecule has 2 atom stereocenters. The van der Waals surface area contributed by atoms with Gasteiger partial charge in [0.05, 0.1) is 7.11 Å². The summed E-state index contributed by atoms with van der Waals surface area (Å²) in [6.45, 7) is 9.21. The van der Waals surface area contributed by atoms with Gasteiger partial charge in [0, 0.05) is 10.6 Å². The molecule has 0 radical (unpaired) electrons. The maximum absolute atomic E-state index is 12.4. The Morgan fingerprint density at radius 1 is 1.22 bits per heavy atom. The van der Waals surface area contributed by atoms with Crippen LogP contribution in [0, 0.1) is 5.92 Å². The van der Waals surface area contributed by atoms with Crippen molar-refractivity contribution in [2.24, 2.45) is 5.92 Å². The van der Waals surface area contributed by atoms with Gasteiger partial charge in [-0.15, -0.1) is 0 Å². The number of carbonyl (C=O) groups is 2. The Balaban J connectivity index is 1.78. The molecule has 1 aliphatic rings. The van der Waals surface area contributed by atoms with Crippen molar-refractivity contribution in [3.05, 3.63) is 34.9 Å². The van der Waals surface area contributed by atoms with Crippen LogP contribution in [0.5, 0.6) is 0 Å². The number of piperazine rings is 1. The van der Waals surface area contributed by atoms with Gasteiger partial charge in [-0.2, -0.15) is 0 Å². The minimum Gasteiger partial charge on any atom is -0.467 e. The summed E-state index contributed by atoms with van der Waals surface area (Å²) >= 11 is 6.06. The van der Waals surface area contributed by atoms with E-state index >= 15 is 0 Å². The van der Waals surface area contributed by atoms with Crippen LogP contribution in [-0.4, -0.2) is 57.8 Å². The zero-order chi connectivity index (χ0) is 19.8. The van der Waals surface area contributed by atoms with E-state index in [-0.39, 0.29) is 17.8 Å². The Labute approximate surface area is 166 Å². The molecule has 1 aromatic carbocycles. The molecule has 27 heavy (non-hydrogen) atoms. The van der Waals surface area contributed by atoms with Gasteiger partial charge < -0.3 is 19.9 Å². The highest BCUT2D eigenvalue weighted by atomic mass is 35.5. The number of benzene rings is 1. The Bertz CT molecular complexity index is 633. The first-order chi connectivity index (χ1) is 12.9. The number of methoxy groups -OCH3 is 1. The third-order valence-corrected chi connectivity index (χ3v) is 5.64. The molecule has 1 amide bonds. The van der Waals surface area contributed by atoms with Gasteiger partial charge in [0.2, 0.25) is 0 Å². The molecule has 6 nitrogen and oxygen atoms in total. The molecule has 0 bridgehead atoms. The molecule has 1 aliphatic heterocycles. The highest BCUT2D eigenvalue weighted by Crippen LogP contribution is 2.10. The maximum atomic E-state index is 12.4. The van der Waals surface area contributed by atoms with Crippen LogP contribution in [0.3, 0.4) is 0 Å². The number of quaternary nitrogens is 2. The fourth-order valence-corrected chi connectivity index (χ4v) is 3.71. The average Bonchev–Trinajstić information content (AvgIpc) is 2.66. The monoisotopic (exact) mass is 397 g/mol. The van der Waals surface area contributed by atoms with E-state index < -0.39 is 6.04 Å². The van der Waals surface area contributed by atoms with Crippen LogP contribution >= 0.6 is 11.6 Å². The summed E-state index contributed by atoms with van der Waals surface area (Å²) in [6, 6.07) is 7.43. The summed E-state index contributed by atoms with van der Waals surface area (Å²) in [6.07, 6.45) is 0.804. The van der Waals surface area contributed by atoms with E-state index in [4.69, 9.17) is 16.3 Å². The van der Waals surface area contributed by atoms with Gasteiger partial charge in [-0.25, -0.2) is 4.79 Å². The molecule has 2 rings (SSSR count). The van der Waals surface area contributed by atoms with Crippen molar-refractivity contribution in [3.63, 3.8) is 0 Å². The summed E-state index contributed by atoms with van der Waals surface area (Å²) < 4.78 is 4.83. The van der Waals surface area contributed by atoms with Crippen LogP contribution in [-0.2, 0) is 20.9 Å². The van der Waals surface area contributed by atoms with Crippen LogP contribution in [0.15, 0.2) is 24.3 Å². The first kappa shape index (κ1) is 21.7. The summed E-state index contributed by atoms with van der Waals surface area (Å²) in [7, 11) is 1.36. The second-order valence-corrected chi connectivity index (χ2v) is 7.87. The lowest BCUT2D eigenvalue weighted by atomic mass is 9.99. The van der Waals surface area contributed by atoms with Crippen molar-refractivity contribution in [2.75, 3.05) is 39.8 Å². The molecular formula is C20H32ClN3O3+2. The molecule has 1 heterocycles. The number of hydrogen-bond acceptors (Lipinski definition) is 3. The average molecular weight is 398 g/mol. The molecule has 1 saturated heterocycles. The van der Waals surface area contributed by atoms with Crippen molar-refractivity contribution in [1.82, 2.24) is 5.32 Å². The van der Waals surface area contributed by atoms with E-state index in [1.54, 1.807) is 0 Å². The van der Waals surface area contributed by atoms with Gasteiger partial charge in [-0.05, 0) is 18.1 Å². The van der Waals surface area contributed by atoms with Gasteiger partial charge in [0.15, 0.2) is 6.54 Å². The molecule has 150 valence electrons. The van der Waals surface area contributed by atoms with Crippen LogP contribution in [0.4, 0.5) is 0 Å². The Morgan fingerprint density at radius 2 is 1.89 bits per heavy atom. The molecule has 1 aromatic rings. The number of esters is 1. The van der Waals surface area contributed by atoms with E-state index in [1.807, 2.05) is 32.0 Å². The van der Waals surface area contributed by atoms with E-state index in [0.29, 0.717) is 6.54 Å². The van der Waals surface area contributed by atoms with Crippen molar-refractivity contribution in [2.45, 2.75) is 32.9 Å². The SMILES string of the molecule is CC[C@@H](C)[C@H](NC(=O)C[NH+]1CC[NH+](Cc2cccc(Cl)c2)CC1)C(=O)OC. The number of hydrogen-bond donors (Lipinski definition) is 3. The summed E-state index contributed by atoms with van der Waals surface area (Å²) in [4.78, 5) is 27.1. The van der Waals surface area contributed by atoms with Crippen LogP contribution in [0.1, 0.15) is 25.8 Å². The Kier molecular flexibility index (Phi) is 8.54. The Morgan fingerprint density at radius 3 is 2.48 bits per heavy atom. The van der Waals surface area contributed by atoms with Crippen LogP contribution in [0.25, 0.3) is 0 Å². The third kappa shape index (κ3) is 6.79. The minimum absolute atomic E-state index is 0.0513. The van der Waals surface area contributed by atoms with E-state index in [9.17, 15) is 9.59 Å². The number of rotatable bonds is 8. The second-order valence-electron chi connectivity index (χ2n) is 7.44. The fraction of sp³-hybridized carbons (Fsp3) is 0.600. The molecular weight excluding hydrogens is 366 g/mol. The lowest BCUT2D eigenvalue weighted by molar-refractivity contribution is -1.02. The lowest BCUT2D eigenvalue weighted by Crippen LogP contribution is -3.28. The maximum Gasteiger partial charge on any atom is 0.328 e. The lowest BCUT2D eigenvalue weighted by Gasteiger charge is -2.30. The van der Waals surface area contributed by atoms with Gasteiger partial charge >= 0.3 is 5.97 Å². The normalized spacial score (nSPS) is 21.9. The van der Waals surface area contributed by atoms with Gasteiger partial charge in [0.25, 0.3) is 5.91 Å². The first-order valence-electron chi connectivity index (χ1n) is 9.71. The minimum atomic E-state index is -0.568. The molecule has 0 spiro atoms. The van der Waals surface area contributed by atoms with E-state index in [1.165, 1.54) is 22.5 Å². The largest absolute Gasteiger partial charge is 0.467 e. The first-order valence-corrected chi connectivity index (χ1v) is 10.1.